The summed E-state index contributed by atoms with van der Waals surface area (Å²) in [6.07, 6.45) is 1.95. The Hall–Kier alpha value is -5.28. The van der Waals surface area contributed by atoms with Crippen LogP contribution in [0.2, 0.25) is 0 Å². The molecule has 282 valence electrons. The van der Waals surface area contributed by atoms with Crippen LogP contribution in [0.4, 0.5) is 0 Å². The molecule has 0 radical (unpaired) electrons. The van der Waals surface area contributed by atoms with Gasteiger partial charge in [0.15, 0.2) is 11.9 Å². The summed E-state index contributed by atoms with van der Waals surface area (Å²) in [5.74, 6) is 1.53. The van der Waals surface area contributed by atoms with Gasteiger partial charge in [-0.2, -0.15) is 0 Å². The van der Waals surface area contributed by atoms with Crippen molar-refractivity contribution in [3.8, 4) is 33.1 Å². The number of fused-ring (bicyclic) bond motifs is 1. The predicted molar refractivity (Wildman–Crippen MR) is 224 cm³/mol. The highest BCUT2D eigenvalue weighted by molar-refractivity contribution is 7.22. The van der Waals surface area contributed by atoms with Crippen LogP contribution in [0.15, 0.2) is 152 Å². The Morgan fingerprint density at radius 1 is 0.679 bits per heavy atom. The first-order valence-electron chi connectivity index (χ1n) is 19.6. The second-order valence-corrected chi connectivity index (χ2v) is 15.4. The summed E-state index contributed by atoms with van der Waals surface area (Å²) in [5.41, 5.74) is 6.85. The van der Waals surface area contributed by atoms with E-state index in [-0.39, 0.29) is 6.61 Å². The van der Waals surface area contributed by atoms with E-state index < -0.39 is 11.9 Å². The van der Waals surface area contributed by atoms with Crippen molar-refractivity contribution >= 4 is 21.4 Å². The minimum atomic E-state index is -0.976. The topological polar surface area (TPSA) is 60.4 Å². The molecule has 0 amide bonds. The summed E-state index contributed by atoms with van der Waals surface area (Å²) in [4.78, 5) is 3.47. The Kier molecular flexibility index (Phi) is 10.7. The third-order valence-electron chi connectivity index (χ3n) is 11.0. The van der Waals surface area contributed by atoms with Crippen LogP contribution in [-0.2, 0) is 21.7 Å². The number of hydrogen-bond acceptors (Lipinski definition) is 7. The molecule has 2 saturated heterocycles. The molecule has 2 aliphatic rings. The molecule has 56 heavy (non-hydrogen) atoms. The van der Waals surface area contributed by atoms with Crippen LogP contribution in [-0.4, -0.2) is 49.5 Å². The Balaban J connectivity index is 1.11. The van der Waals surface area contributed by atoms with E-state index in [1.54, 1.807) is 11.3 Å². The number of rotatable bonds is 13. The van der Waals surface area contributed by atoms with Crippen LogP contribution in [0.1, 0.15) is 46.9 Å². The van der Waals surface area contributed by atoms with E-state index in [0.29, 0.717) is 25.6 Å². The molecular formula is C49H45NO5S. The van der Waals surface area contributed by atoms with Crippen LogP contribution in [0.25, 0.3) is 31.7 Å². The Morgan fingerprint density at radius 3 is 1.89 bits per heavy atom. The standard InChI is InChI=1S/C49H45NO5S/c51-34-43-46-41(35-21-24-40(25-22-35)52-30-29-50-27-10-11-28-50)19-12-20-45(46)56-47(43)36-23-26-44(42(33-36)48-53-31-32-54-48)55-49(37-13-4-1-5-14-37,38-15-6-2-7-16-38)39-17-8-3-9-18-39/h1-9,12-26,33,48,51H,10-11,27-32,34H2. The van der Waals surface area contributed by atoms with E-state index in [9.17, 15) is 5.11 Å². The fourth-order valence-electron chi connectivity index (χ4n) is 8.23. The number of aliphatic hydroxyl groups is 1. The molecule has 0 bridgehead atoms. The molecule has 0 unspecified atom stereocenters. The molecule has 3 heterocycles. The van der Waals surface area contributed by atoms with E-state index in [4.69, 9.17) is 18.9 Å². The van der Waals surface area contributed by atoms with Crippen molar-refractivity contribution in [1.29, 1.82) is 0 Å². The molecular weight excluding hydrogens is 715 g/mol. The van der Waals surface area contributed by atoms with Crippen LogP contribution in [0, 0.1) is 0 Å². The first kappa shape index (κ1) is 36.4. The number of aliphatic hydroxyl groups excluding tert-OH is 1. The highest BCUT2D eigenvalue weighted by atomic mass is 32.1. The number of thiophene rings is 1. The Bertz CT molecular complexity index is 2270. The van der Waals surface area contributed by atoms with E-state index >= 15 is 0 Å². The molecule has 6 nitrogen and oxygen atoms in total. The average molecular weight is 760 g/mol. The van der Waals surface area contributed by atoms with E-state index in [1.165, 1.54) is 25.9 Å². The average Bonchev–Trinajstić information content (AvgIpc) is 4.07. The minimum absolute atomic E-state index is 0.104. The zero-order valence-electron chi connectivity index (χ0n) is 31.3. The van der Waals surface area contributed by atoms with Gasteiger partial charge in [-0.25, -0.2) is 0 Å². The van der Waals surface area contributed by atoms with Crippen LogP contribution in [0.5, 0.6) is 11.5 Å². The maximum absolute atomic E-state index is 11.0. The number of likely N-dealkylation sites (tertiary alicyclic amines) is 1. The van der Waals surface area contributed by atoms with Crippen molar-refractivity contribution in [2.75, 3.05) is 39.5 Å². The second kappa shape index (κ2) is 16.4. The second-order valence-electron chi connectivity index (χ2n) is 14.4. The maximum Gasteiger partial charge on any atom is 0.187 e. The van der Waals surface area contributed by atoms with E-state index in [0.717, 1.165) is 71.8 Å². The van der Waals surface area contributed by atoms with Gasteiger partial charge in [-0.15, -0.1) is 11.3 Å². The van der Waals surface area contributed by atoms with Crippen molar-refractivity contribution in [2.24, 2.45) is 0 Å². The largest absolute Gasteiger partial charge is 0.492 e. The SMILES string of the molecule is OCc1c(-c2ccc(OC(c3ccccc3)(c3ccccc3)c3ccccc3)c(C3OCCO3)c2)sc2cccc(-c3ccc(OCCN4CCCC4)cc3)c12. The highest BCUT2D eigenvalue weighted by Crippen LogP contribution is 2.48. The summed E-state index contributed by atoms with van der Waals surface area (Å²) < 4.78 is 27.0. The number of hydrogen-bond donors (Lipinski definition) is 1. The first-order chi connectivity index (χ1) is 27.7. The smallest absolute Gasteiger partial charge is 0.187 e. The van der Waals surface area contributed by atoms with Crippen molar-refractivity contribution in [3.63, 3.8) is 0 Å². The monoisotopic (exact) mass is 759 g/mol. The third-order valence-corrected chi connectivity index (χ3v) is 12.2. The van der Waals surface area contributed by atoms with Crippen molar-refractivity contribution in [1.82, 2.24) is 4.90 Å². The molecule has 0 aliphatic carbocycles. The lowest BCUT2D eigenvalue weighted by molar-refractivity contribution is -0.0469. The zero-order valence-corrected chi connectivity index (χ0v) is 32.1. The normalized spacial score (nSPS) is 15.1. The lowest BCUT2D eigenvalue weighted by atomic mass is 9.80. The van der Waals surface area contributed by atoms with E-state index in [1.807, 2.05) is 24.3 Å². The van der Waals surface area contributed by atoms with Gasteiger partial charge in [-0.1, -0.05) is 115 Å². The number of nitrogens with zero attached hydrogens (tertiary/aromatic N) is 1. The maximum atomic E-state index is 11.0. The molecule has 0 saturated carbocycles. The number of ether oxygens (including phenoxy) is 4. The summed E-state index contributed by atoms with van der Waals surface area (Å²) >= 11 is 1.69. The first-order valence-corrected chi connectivity index (χ1v) is 20.4. The minimum Gasteiger partial charge on any atom is -0.492 e. The lowest BCUT2D eigenvalue weighted by Gasteiger charge is -2.37. The van der Waals surface area contributed by atoms with E-state index in [2.05, 4.69) is 132 Å². The molecule has 0 atom stereocenters. The fraction of sp³-hybridized carbons (Fsp3) is 0.224. The summed E-state index contributed by atoms with van der Waals surface area (Å²) in [5, 5.41) is 12.1. The molecule has 1 aromatic heterocycles. The van der Waals surface area contributed by atoms with Gasteiger partial charge in [0.1, 0.15) is 18.1 Å². The molecule has 6 aromatic carbocycles. The lowest BCUT2D eigenvalue weighted by Crippen LogP contribution is -2.36. The molecule has 0 spiro atoms. The summed E-state index contributed by atoms with van der Waals surface area (Å²) in [6, 6.07) is 52.1. The van der Waals surface area contributed by atoms with Gasteiger partial charge in [-0.05, 0) is 79.0 Å². The van der Waals surface area contributed by atoms with Gasteiger partial charge in [0.05, 0.1) is 25.4 Å². The molecule has 1 N–H and O–H groups in total. The molecule has 2 aliphatic heterocycles. The molecule has 9 rings (SSSR count). The fourth-order valence-corrected chi connectivity index (χ4v) is 9.47. The van der Waals surface area contributed by atoms with Crippen molar-refractivity contribution < 1.29 is 24.1 Å². The Morgan fingerprint density at radius 2 is 1.29 bits per heavy atom. The van der Waals surface area contributed by atoms with Gasteiger partial charge >= 0.3 is 0 Å². The Labute approximate surface area is 332 Å². The summed E-state index contributed by atoms with van der Waals surface area (Å²) in [7, 11) is 0. The number of benzene rings is 6. The van der Waals surface area contributed by atoms with Gasteiger partial charge in [0, 0.05) is 43.8 Å². The van der Waals surface area contributed by atoms with Gasteiger partial charge in [-0.3, -0.25) is 4.90 Å². The summed E-state index contributed by atoms with van der Waals surface area (Å²) in [6.45, 7) is 4.86. The van der Waals surface area contributed by atoms with Gasteiger partial charge < -0.3 is 24.1 Å². The third kappa shape index (κ3) is 7.13. The van der Waals surface area contributed by atoms with Crippen molar-refractivity contribution in [3.05, 3.63) is 179 Å². The zero-order chi connectivity index (χ0) is 37.7. The predicted octanol–water partition coefficient (Wildman–Crippen LogP) is 10.6. The molecule has 7 heteroatoms. The van der Waals surface area contributed by atoms with Crippen LogP contribution >= 0.6 is 11.3 Å². The van der Waals surface area contributed by atoms with Crippen LogP contribution < -0.4 is 9.47 Å². The highest BCUT2D eigenvalue weighted by Gasteiger charge is 2.40. The van der Waals surface area contributed by atoms with Gasteiger partial charge in [0.2, 0.25) is 0 Å². The quantitative estimate of drug-likeness (QED) is 0.118. The van der Waals surface area contributed by atoms with Gasteiger partial charge in [0.25, 0.3) is 0 Å². The van der Waals surface area contributed by atoms with Crippen LogP contribution in [0.3, 0.4) is 0 Å². The molecule has 2 fully saturated rings. The molecule has 7 aromatic rings. The van der Waals surface area contributed by atoms with Crippen molar-refractivity contribution in [2.45, 2.75) is 31.3 Å².